The van der Waals surface area contributed by atoms with E-state index in [1.165, 1.54) is 18.7 Å². The van der Waals surface area contributed by atoms with Gasteiger partial charge in [-0.3, -0.25) is 9.78 Å². The van der Waals surface area contributed by atoms with Crippen molar-refractivity contribution in [2.75, 3.05) is 12.3 Å². The third-order valence-corrected chi connectivity index (χ3v) is 3.50. The molecule has 0 radical (unpaired) electrons. The Morgan fingerprint density at radius 2 is 2.18 bits per heavy atom. The van der Waals surface area contributed by atoms with Gasteiger partial charge in [-0.2, -0.15) is 0 Å². The third-order valence-electron chi connectivity index (χ3n) is 3.50. The van der Waals surface area contributed by atoms with E-state index in [1.807, 2.05) is 6.92 Å². The van der Waals surface area contributed by atoms with Crippen LogP contribution in [-0.4, -0.2) is 37.0 Å². The highest BCUT2D eigenvalue weighted by atomic mass is 16.3. The van der Waals surface area contributed by atoms with Gasteiger partial charge in [0.05, 0.1) is 23.9 Å². The van der Waals surface area contributed by atoms with E-state index in [0.717, 1.165) is 0 Å². The number of hydrogen-bond donors (Lipinski definition) is 2. The number of carbonyl (C=O) groups is 1. The molecule has 112 valence electrons. The molecule has 0 bridgehead atoms. The molecule has 0 aliphatic carbocycles. The zero-order valence-electron chi connectivity index (χ0n) is 12.0. The van der Waals surface area contributed by atoms with Crippen molar-refractivity contribution in [1.29, 1.82) is 0 Å². The van der Waals surface area contributed by atoms with Crippen LogP contribution in [0.4, 0.5) is 5.69 Å². The first kappa shape index (κ1) is 14.2. The van der Waals surface area contributed by atoms with Gasteiger partial charge in [-0.15, -0.1) is 0 Å². The molecule has 0 spiro atoms. The van der Waals surface area contributed by atoms with Crippen LogP contribution in [0.2, 0.25) is 0 Å². The van der Waals surface area contributed by atoms with Crippen LogP contribution in [0.1, 0.15) is 28.9 Å². The quantitative estimate of drug-likeness (QED) is 0.700. The van der Waals surface area contributed by atoms with Crippen molar-refractivity contribution < 1.29 is 9.90 Å². The van der Waals surface area contributed by atoms with Gasteiger partial charge in [0.1, 0.15) is 12.0 Å². The van der Waals surface area contributed by atoms with E-state index < -0.39 is 0 Å². The normalized spacial score (nSPS) is 12.5. The minimum absolute atomic E-state index is 0.0543. The summed E-state index contributed by atoms with van der Waals surface area (Å²) < 4.78 is 1.77. The first-order valence-electron chi connectivity index (χ1n) is 6.78. The molecule has 0 aliphatic rings. The average Bonchev–Trinajstić information content (AvgIpc) is 2.93. The number of aliphatic hydroxyl groups is 1. The van der Waals surface area contributed by atoms with Gasteiger partial charge in [0.2, 0.25) is 0 Å². The number of aliphatic hydroxyl groups excluding tert-OH is 1. The maximum atomic E-state index is 12.7. The van der Waals surface area contributed by atoms with Crippen LogP contribution in [0, 0.1) is 0 Å². The van der Waals surface area contributed by atoms with Gasteiger partial charge in [0, 0.05) is 35.7 Å². The van der Waals surface area contributed by atoms with E-state index in [9.17, 15) is 9.90 Å². The molecule has 0 aliphatic heterocycles. The lowest BCUT2D eigenvalue weighted by atomic mass is 10.1. The summed E-state index contributed by atoms with van der Waals surface area (Å²) in [4.78, 5) is 24.9. The summed E-state index contributed by atoms with van der Waals surface area (Å²) >= 11 is 0. The van der Waals surface area contributed by atoms with Crippen molar-refractivity contribution in [3.05, 3.63) is 48.3 Å². The fraction of sp³-hybridized carbons (Fsp3) is 0.200. The Hall–Kier alpha value is -2.80. The van der Waals surface area contributed by atoms with E-state index in [1.54, 1.807) is 23.0 Å². The molecule has 0 aromatic carbocycles. The summed E-state index contributed by atoms with van der Waals surface area (Å²) in [6.45, 7) is 1.79. The Morgan fingerprint density at radius 3 is 2.91 bits per heavy atom. The van der Waals surface area contributed by atoms with Crippen LogP contribution in [0.15, 0.2) is 37.2 Å². The summed E-state index contributed by atoms with van der Waals surface area (Å²) in [6.07, 6.45) is 7.65. The Morgan fingerprint density at radius 1 is 1.36 bits per heavy atom. The monoisotopic (exact) mass is 297 g/mol. The van der Waals surface area contributed by atoms with Gasteiger partial charge in [0.15, 0.2) is 5.78 Å². The Labute approximate surface area is 126 Å². The molecule has 0 amide bonds. The number of hydrogen-bond acceptors (Lipinski definition) is 6. The molecular weight excluding hydrogens is 282 g/mol. The number of ketones is 1. The van der Waals surface area contributed by atoms with Crippen LogP contribution < -0.4 is 5.73 Å². The van der Waals surface area contributed by atoms with Crippen molar-refractivity contribution in [3.8, 4) is 0 Å². The molecule has 22 heavy (non-hydrogen) atoms. The molecule has 3 aromatic heterocycles. The van der Waals surface area contributed by atoms with Crippen molar-refractivity contribution in [1.82, 2.24) is 19.5 Å². The number of fused-ring (bicyclic) bond motifs is 1. The fourth-order valence-corrected chi connectivity index (χ4v) is 2.33. The number of carbonyl (C=O) groups excluding carboxylic acids is 1. The maximum absolute atomic E-state index is 12.7. The molecule has 3 rings (SSSR count). The zero-order valence-corrected chi connectivity index (χ0v) is 12.0. The molecule has 0 fully saturated rings. The predicted octanol–water partition coefficient (Wildman–Crippen LogP) is 1.19. The van der Waals surface area contributed by atoms with E-state index in [0.29, 0.717) is 27.8 Å². The number of pyridine rings is 1. The number of nitrogen functional groups attached to an aromatic ring is 1. The number of anilines is 1. The van der Waals surface area contributed by atoms with Crippen LogP contribution in [0.5, 0.6) is 0 Å². The highest BCUT2D eigenvalue weighted by Gasteiger charge is 2.20. The SMILES string of the molecule is CC(CO)n1cc(C(=O)c2cncc(N)c2)c2cncnc21. The predicted molar refractivity (Wildman–Crippen MR) is 81.4 cm³/mol. The molecule has 7 heteroatoms. The second-order valence-electron chi connectivity index (χ2n) is 5.08. The second-order valence-corrected chi connectivity index (χ2v) is 5.08. The summed E-state index contributed by atoms with van der Waals surface area (Å²) in [7, 11) is 0. The van der Waals surface area contributed by atoms with Gasteiger partial charge in [0.25, 0.3) is 0 Å². The third kappa shape index (κ3) is 2.31. The maximum Gasteiger partial charge on any atom is 0.196 e. The highest BCUT2D eigenvalue weighted by Crippen LogP contribution is 2.24. The largest absolute Gasteiger partial charge is 0.397 e. The van der Waals surface area contributed by atoms with E-state index >= 15 is 0 Å². The van der Waals surface area contributed by atoms with Gasteiger partial charge in [-0.05, 0) is 13.0 Å². The van der Waals surface area contributed by atoms with E-state index in [-0.39, 0.29) is 18.4 Å². The van der Waals surface area contributed by atoms with Crippen molar-refractivity contribution in [2.45, 2.75) is 13.0 Å². The average molecular weight is 297 g/mol. The first-order valence-corrected chi connectivity index (χ1v) is 6.78. The Balaban J connectivity index is 2.17. The minimum Gasteiger partial charge on any atom is -0.397 e. The summed E-state index contributed by atoms with van der Waals surface area (Å²) in [5.41, 5.74) is 7.58. The second kappa shape index (κ2) is 5.53. The molecule has 3 N–H and O–H groups in total. The summed E-state index contributed by atoms with van der Waals surface area (Å²) in [5, 5.41) is 10.0. The van der Waals surface area contributed by atoms with E-state index in [2.05, 4.69) is 15.0 Å². The lowest BCUT2D eigenvalue weighted by Gasteiger charge is -2.10. The molecular formula is C15H15N5O2. The van der Waals surface area contributed by atoms with Crippen molar-refractivity contribution >= 4 is 22.5 Å². The standard InChI is InChI=1S/C15H15N5O2/c1-9(7-21)20-6-13(12-5-18-8-19-15(12)20)14(22)10-2-11(16)4-17-3-10/h2-6,8-9,21H,7,16H2,1H3. The Bertz CT molecular complexity index is 843. The van der Waals surface area contributed by atoms with Gasteiger partial charge < -0.3 is 15.4 Å². The molecule has 1 atom stereocenters. The van der Waals surface area contributed by atoms with Crippen molar-refractivity contribution in [3.63, 3.8) is 0 Å². The topological polar surface area (TPSA) is 107 Å². The lowest BCUT2D eigenvalue weighted by Crippen LogP contribution is -2.09. The van der Waals surface area contributed by atoms with Gasteiger partial charge >= 0.3 is 0 Å². The molecule has 1 unspecified atom stereocenters. The number of nitrogens with zero attached hydrogens (tertiary/aromatic N) is 4. The first-order chi connectivity index (χ1) is 10.6. The molecule has 0 saturated carbocycles. The van der Waals surface area contributed by atoms with E-state index in [4.69, 9.17) is 5.73 Å². The van der Waals surface area contributed by atoms with Crippen LogP contribution >= 0.6 is 0 Å². The zero-order chi connectivity index (χ0) is 15.7. The summed E-state index contributed by atoms with van der Waals surface area (Å²) in [6, 6.07) is 1.38. The van der Waals surface area contributed by atoms with Crippen LogP contribution in [0.25, 0.3) is 11.0 Å². The number of nitrogens with two attached hydrogens (primary N) is 1. The van der Waals surface area contributed by atoms with Crippen LogP contribution in [0.3, 0.4) is 0 Å². The summed E-state index contributed by atoms with van der Waals surface area (Å²) in [5.74, 6) is -0.205. The molecule has 7 nitrogen and oxygen atoms in total. The smallest absolute Gasteiger partial charge is 0.196 e. The number of aromatic nitrogens is 4. The van der Waals surface area contributed by atoms with Gasteiger partial charge in [-0.1, -0.05) is 0 Å². The van der Waals surface area contributed by atoms with Crippen molar-refractivity contribution in [2.24, 2.45) is 0 Å². The molecule has 3 aromatic rings. The Kier molecular flexibility index (Phi) is 3.56. The van der Waals surface area contributed by atoms with Gasteiger partial charge in [-0.25, -0.2) is 9.97 Å². The number of rotatable bonds is 4. The lowest BCUT2D eigenvalue weighted by molar-refractivity contribution is 0.103. The highest BCUT2D eigenvalue weighted by molar-refractivity contribution is 6.16. The molecule has 0 saturated heterocycles. The molecule has 3 heterocycles. The minimum atomic E-state index is -0.205. The van der Waals surface area contributed by atoms with Crippen LogP contribution in [-0.2, 0) is 0 Å². The fourth-order valence-electron chi connectivity index (χ4n) is 2.33.